The standard InChI is InChI=1S/C15H19Cl2N5.ClH/c1-15(9-18)4-5-21(10-15)7-12-8-22(20-19-12)14-3-2-11(16)6-13(14)17;/h2-3,6,8H,4-5,7,9-10,18H2,1H3;1H. The second-order valence-electron chi connectivity index (χ2n) is 6.23. The Labute approximate surface area is 152 Å². The zero-order valence-corrected chi connectivity index (χ0v) is 15.2. The summed E-state index contributed by atoms with van der Waals surface area (Å²) in [6, 6.07) is 5.33. The molecule has 1 aliphatic rings. The molecule has 23 heavy (non-hydrogen) atoms. The average molecular weight is 377 g/mol. The van der Waals surface area contributed by atoms with E-state index in [1.54, 1.807) is 16.8 Å². The van der Waals surface area contributed by atoms with Gasteiger partial charge in [0, 0.05) is 18.1 Å². The molecule has 1 aromatic carbocycles. The highest BCUT2D eigenvalue weighted by Gasteiger charge is 2.32. The van der Waals surface area contributed by atoms with Crippen LogP contribution in [0.5, 0.6) is 0 Å². The molecule has 2 N–H and O–H groups in total. The topological polar surface area (TPSA) is 60.0 Å². The zero-order chi connectivity index (χ0) is 15.7. The van der Waals surface area contributed by atoms with Gasteiger partial charge in [0.05, 0.1) is 22.6 Å². The Morgan fingerprint density at radius 2 is 2.13 bits per heavy atom. The number of benzene rings is 1. The number of aromatic nitrogens is 3. The molecule has 2 heterocycles. The Balaban J connectivity index is 0.00000192. The van der Waals surface area contributed by atoms with Crippen molar-refractivity contribution in [3.05, 3.63) is 40.1 Å². The molecule has 5 nitrogen and oxygen atoms in total. The first-order valence-electron chi connectivity index (χ1n) is 7.28. The largest absolute Gasteiger partial charge is 0.330 e. The Hall–Kier alpha value is -0.850. The molecule has 1 saturated heterocycles. The van der Waals surface area contributed by atoms with Crippen LogP contribution in [-0.4, -0.2) is 39.5 Å². The predicted molar refractivity (Wildman–Crippen MR) is 95.7 cm³/mol. The molecule has 0 saturated carbocycles. The predicted octanol–water partition coefficient (Wildman–Crippen LogP) is 3.17. The van der Waals surface area contributed by atoms with E-state index in [9.17, 15) is 0 Å². The normalized spacial score (nSPS) is 21.4. The summed E-state index contributed by atoms with van der Waals surface area (Å²) in [5.74, 6) is 0. The minimum atomic E-state index is 0. The Morgan fingerprint density at radius 1 is 1.35 bits per heavy atom. The number of hydrogen-bond donors (Lipinski definition) is 1. The van der Waals surface area contributed by atoms with Crippen LogP contribution in [0.3, 0.4) is 0 Å². The molecule has 126 valence electrons. The maximum atomic E-state index is 6.20. The SMILES string of the molecule is CC1(CN)CCN(Cc2cn(-c3ccc(Cl)cc3Cl)nn2)C1.Cl. The van der Waals surface area contributed by atoms with Crippen molar-refractivity contribution in [2.45, 2.75) is 19.9 Å². The molecule has 0 bridgehead atoms. The number of hydrogen-bond acceptors (Lipinski definition) is 4. The molecule has 2 aromatic rings. The van der Waals surface area contributed by atoms with Crippen molar-refractivity contribution in [3.63, 3.8) is 0 Å². The fourth-order valence-electron chi connectivity index (χ4n) is 2.81. The number of rotatable bonds is 4. The first-order valence-corrected chi connectivity index (χ1v) is 8.04. The van der Waals surface area contributed by atoms with E-state index in [-0.39, 0.29) is 17.8 Å². The first kappa shape index (κ1) is 18.5. The molecule has 0 amide bonds. The van der Waals surface area contributed by atoms with Gasteiger partial charge in [-0.1, -0.05) is 35.3 Å². The summed E-state index contributed by atoms with van der Waals surface area (Å²) >= 11 is 12.1. The third-order valence-corrected chi connectivity index (χ3v) is 4.75. The van der Waals surface area contributed by atoms with Gasteiger partial charge in [0.25, 0.3) is 0 Å². The summed E-state index contributed by atoms with van der Waals surface area (Å²) in [6.45, 7) is 5.77. The molecule has 1 aromatic heterocycles. The van der Waals surface area contributed by atoms with E-state index >= 15 is 0 Å². The van der Waals surface area contributed by atoms with Crippen LogP contribution < -0.4 is 5.73 Å². The number of nitrogens with zero attached hydrogens (tertiary/aromatic N) is 4. The molecule has 0 radical (unpaired) electrons. The lowest BCUT2D eigenvalue weighted by molar-refractivity contribution is 0.272. The fraction of sp³-hybridized carbons (Fsp3) is 0.467. The Bertz CT molecular complexity index is 675. The molecule has 8 heteroatoms. The van der Waals surface area contributed by atoms with Crippen LogP contribution in [-0.2, 0) is 6.54 Å². The van der Waals surface area contributed by atoms with E-state index in [1.807, 2.05) is 12.3 Å². The summed E-state index contributed by atoms with van der Waals surface area (Å²) in [4.78, 5) is 2.37. The maximum absolute atomic E-state index is 6.20. The maximum Gasteiger partial charge on any atom is 0.0971 e. The minimum Gasteiger partial charge on any atom is -0.330 e. The third kappa shape index (κ3) is 4.17. The van der Waals surface area contributed by atoms with Crippen molar-refractivity contribution in [1.29, 1.82) is 0 Å². The van der Waals surface area contributed by atoms with Crippen molar-refractivity contribution in [2.24, 2.45) is 11.1 Å². The number of likely N-dealkylation sites (tertiary alicyclic amines) is 1. The van der Waals surface area contributed by atoms with Crippen LogP contribution in [0.1, 0.15) is 19.0 Å². The average Bonchev–Trinajstić information content (AvgIpc) is 3.07. The molecule has 1 fully saturated rings. The lowest BCUT2D eigenvalue weighted by atomic mass is 9.90. The summed E-state index contributed by atoms with van der Waals surface area (Å²) in [6.07, 6.45) is 3.04. The molecule has 0 spiro atoms. The summed E-state index contributed by atoms with van der Waals surface area (Å²) in [5.41, 5.74) is 7.77. The van der Waals surface area contributed by atoms with Gasteiger partial charge in [-0.2, -0.15) is 0 Å². The van der Waals surface area contributed by atoms with Gasteiger partial charge >= 0.3 is 0 Å². The van der Waals surface area contributed by atoms with Gasteiger partial charge in [-0.3, -0.25) is 4.90 Å². The van der Waals surface area contributed by atoms with Crippen LogP contribution in [0.4, 0.5) is 0 Å². The highest BCUT2D eigenvalue weighted by molar-refractivity contribution is 6.35. The molecular weight excluding hydrogens is 357 g/mol. The van der Waals surface area contributed by atoms with Crippen molar-refractivity contribution in [3.8, 4) is 5.69 Å². The summed E-state index contributed by atoms with van der Waals surface area (Å²) in [5, 5.41) is 9.57. The molecular formula is C15H20Cl3N5. The summed E-state index contributed by atoms with van der Waals surface area (Å²) in [7, 11) is 0. The zero-order valence-electron chi connectivity index (χ0n) is 12.9. The van der Waals surface area contributed by atoms with Crippen LogP contribution in [0, 0.1) is 5.41 Å². The second-order valence-corrected chi connectivity index (χ2v) is 7.07. The Kier molecular flexibility index (Phi) is 5.92. The highest BCUT2D eigenvalue weighted by atomic mass is 35.5. The molecule has 1 unspecified atom stereocenters. The second kappa shape index (κ2) is 7.36. The van der Waals surface area contributed by atoms with E-state index in [1.165, 1.54) is 0 Å². The van der Waals surface area contributed by atoms with Crippen LogP contribution in [0.25, 0.3) is 5.69 Å². The van der Waals surface area contributed by atoms with Crippen molar-refractivity contribution >= 4 is 35.6 Å². The van der Waals surface area contributed by atoms with E-state index in [4.69, 9.17) is 28.9 Å². The van der Waals surface area contributed by atoms with Gasteiger partial charge in [0.15, 0.2) is 0 Å². The van der Waals surface area contributed by atoms with E-state index in [0.717, 1.165) is 44.0 Å². The van der Waals surface area contributed by atoms with Crippen LogP contribution >= 0.6 is 35.6 Å². The highest BCUT2D eigenvalue weighted by Crippen LogP contribution is 2.29. The van der Waals surface area contributed by atoms with Gasteiger partial charge < -0.3 is 5.73 Å². The van der Waals surface area contributed by atoms with Gasteiger partial charge in [0.2, 0.25) is 0 Å². The monoisotopic (exact) mass is 375 g/mol. The van der Waals surface area contributed by atoms with Gasteiger partial charge in [-0.15, -0.1) is 17.5 Å². The van der Waals surface area contributed by atoms with E-state index in [0.29, 0.717) is 10.0 Å². The lowest BCUT2D eigenvalue weighted by Crippen LogP contribution is -2.31. The quantitative estimate of drug-likeness (QED) is 0.890. The lowest BCUT2D eigenvalue weighted by Gasteiger charge is -2.21. The molecule has 1 aliphatic heterocycles. The Morgan fingerprint density at radius 3 is 2.78 bits per heavy atom. The smallest absolute Gasteiger partial charge is 0.0971 e. The molecule has 1 atom stereocenters. The summed E-state index contributed by atoms with van der Waals surface area (Å²) < 4.78 is 1.69. The van der Waals surface area contributed by atoms with E-state index in [2.05, 4.69) is 22.1 Å². The first-order chi connectivity index (χ1) is 10.5. The third-order valence-electron chi connectivity index (χ3n) is 4.21. The minimum absolute atomic E-state index is 0. The van der Waals surface area contributed by atoms with Crippen molar-refractivity contribution in [1.82, 2.24) is 19.9 Å². The number of halogens is 3. The molecule has 0 aliphatic carbocycles. The van der Waals surface area contributed by atoms with Crippen LogP contribution in [0.2, 0.25) is 10.0 Å². The van der Waals surface area contributed by atoms with Crippen molar-refractivity contribution in [2.75, 3.05) is 19.6 Å². The number of nitrogens with two attached hydrogens (primary N) is 1. The van der Waals surface area contributed by atoms with Crippen molar-refractivity contribution < 1.29 is 0 Å². The fourth-order valence-corrected chi connectivity index (χ4v) is 3.31. The van der Waals surface area contributed by atoms with E-state index < -0.39 is 0 Å². The molecule has 3 rings (SSSR count). The van der Waals surface area contributed by atoms with Crippen LogP contribution in [0.15, 0.2) is 24.4 Å². The van der Waals surface area contributed by atoms with Gasteiger partial charge in [-0.05, 0) is 43.1 Å². The van der Waals surface area contributed by atoms with Gasteiger partial charge in [-0.25, -0.2) is 4.68 Å². The van der Waals surface area contributed by atoms with Gasteiger partial charge in [0.1, 0.15) is 0 Å².